The van der Waals surface area contributed by atoms with Crippen molar-refractivity contribution in [2.24, 2.45) is 0 Å². The Labute approximate surface area is 99.3 Å². The number of carboxylic acid groups (broad SMARTS) is 1. The van der Waals surface area contributed by atoms with Crippen molar-refractivity contribution in [2.75, 3.05) is 0 Å². The first-order valence-corrected chi connectivity index (χ1v) is 5.34. The van der Waals surface area contributed by atoms with Gasteiger partial charge in [-0.25, -0.2) is 8.78 Å². The van der Waals surface area contributed by atoms with Crippen molar-refractivity contribution in [3.63, 3.8) is 0 Å². The van der Waals surface area contributed by atoms with Crippen LogP contribution in [0.2, 0.25) is 0 Å². The first-order valence-electron chi connectivity index (χ1n) is 5.34. The molecule has 0 atom stereocenters. The summed E-state index contributed by atoms with van der Waals surface area (Å²) in [4.78, 5) is 10.8. The van der Waals surface area contributed by atoms with E-state index in [1.54, 1.807) is 13.8 Å². The molecule has 1 aromatic carbocycles. The molecule has 0 radical (unpaired) electrons. The Hall–Kier alpha value is -1.45. The third-order valence-electron chi connectivity index (χ3n) is 2.91. The molecule has 0 saturated heterocycles. The zero-order chi connectivity index (χ0) is 13.4. The van der Waals surface area contributed by atoms with E-state index in [1.165, 1.54) is 13.8 Å². The maximum atomic E-state index is 14.0. The molecule has 0 aliphatic heterocycles. The molecule has 94 valence electrons. The number of hydrogen-bond acceptors (Lipinski definition) is 1. The van der Waals surface area contributed by atoms with Crippen LogP contribution in [0.15, 0.2) is 6.07 Å². The quantitative estimate of drug-likeness (QED) is 0.882. The van der Waals surface area contributed by atoms with Gasteiger partial charge in [-0.15, -0.1) is 0 Å². The molecule has 2 nitrogen and oxygen atoms in total. The van der Waals surface area contributed by atoms with E-state index in [9.17, 15) is 13.6 Å². The van der Waals surface area contributed by atoms with E-state index in [0.717, 1.165) is 6.07 Å². The molecule has 0 heterocycles. The van der Waals surface area contributed by atoms with Gasteiger partial charge in [-0.3, -0.25) is 4.79 Å². The number of halogens is 2. The van der Waals surface area contributed by atoms with Crippen LogP contribution in [0, 0.1) is 25.5 Å². The molecular formula is C13H16F2O2. The van der Waals surface area contributed by atoms with Gasteiger partial charge in [0.1, 0.15) is 11.6 Å². The zero-order valence-corrected chi connectivity index (χ0v) is 10.4. The summed E-state index contributed by atoms with van der Waals surface area (Å²) in [5, 5.41) is 8.81. The second-order valence-corrected chi connectivity index (χ2v) is 4.94. The highest BCUT2D eigenvalue weighted by Crippen LogP contribution is 2.34. The molecule has 1 rings (SSSR count). The lowest BCUT2D eigenvalue weighted by Gasteiger charge is -2.26. The second-order valence-electron chi connectivity index (χ2n) is 4.94. The van der Waals surface area contributed by atoms with Gasteiger partial charge in [0.25, 0.3) is 0 Å². The van der Waals surface area contributed by atoms with E-state index in [-0.39, 0.29) is 23.1 Å². The maximum absolute atomic E-state index is 14.0. The zero-order valence-electron chi connectivity index (χ0n) is 10.4. The predicted octanol–water partition coefficient (Wildman–Crippen LogP) is 3.33. The number of rotatable bonds is 3. The van der Waals surface area contributed by atoms with Crippen molar-refractivity contribution in [1.82, 2.24) is 0 Å². The molecule has 0 spiro atoms. The highest BCUT2D eigenvalue weighted by atomic mass is 19.1. The molecule has 0 aliphatic carbocycles. The van der Waals surface area contributed by atoms with E-state index >= 15 is 0 Å². The van der Waals surface area contributed by atoms with Gasteiger partial charge in [0.15, 0.2) is 0 Å². The van der Waals surface area contributed by atoms with E-state index < -0.39 is 23.0 Å². The molecular weight excluding hydrogens is 226 g/mol. The van der Waals surface area contributed by atoms with Gasteiger partial charge in [-0.2, -0.15) is 0 Å². The fourth-order valence-electron chi connectivity index (χ4n) is 2.11. The van der Waals surface area contributed by atoms with Gasteiger partial charge < -0.3 is 5.11 Å². The topological polar surface area (TPSA) is 37.3 Å². The average Bonchev–Trinajstić information content (AvgIpc) is 2.12. The van der Waals surface area contributed by atoms with E-state index in [4.69, 9.17) is 5.11 Å². The van der Waals surface area contributed by atoms with Crippen molar-refractivity contribution in [2.45, 2.75) is 39.5 Å². The Morgan fingerprint density at radius 3 is 2.35 bits per heavy atom. The van der Waals surface area contributed by atoms with Crippen LogP contribution in [0.25, 0.3) is 0 Å². The molecule has 4 heteroatoms. The summed E-state index contributed by atoms with van der Waals surface area (Å²) in [5.41, 5.74) is -0.411. The first-order chi connectivity index (χ1) is 7.66. The fraction of sp³-hybridized carbons (Fsp3) is 0.462. The highest BCUT2D eigenvalue weighted by molar-refractivity contribution is 5.69. The van der Waals surface area contributed by atoms with Crippen molar-refractivity contribution >= 4 is 5.97 Å². The van der Waals surface area contributed by atoms with Crippen LogP contribution in [0.5, 0.6) is 0 Å². The highest BCUT2D eigenvalue weighted by Gasteiger charge is 2.30. The minimum absolute atomic E-state index is 0.150. The number of carboxylic acids is 1. The van der Waals surface area contributed by atoms with Crippen molar-refractivity contribution in [3.8, 4) is 0 Å². The lowest BCUT2D eigenvalue weighted by atomic mass is 9.78. The monoisotopic (exact) mass is 242 g/mol. The molecule has 1 aromatic rings. The van der Waals surface area contributed by atoms with E-state index in [2.05, 4.69) is 0 Å². The third-order valence-corrected chi connectivity index (χ3v) is 2.91. The molecule has 0 unspecified atom stereocenters. The number of carbonyl (C=O) groups is 1. The number of hydrogen-bond donors (Lipinski definition) is 1. The van der Waals surface area contributed by atoms with Gasteiger partial charge >= 0.3 is 5.97 Å². The van der Waals surface area contributed by atoms with Gasteiger partial charge in [0, 0.05) is 11.0 Å². The van der Waals surface area contributed by atoms with Crippen LogP contribution in [0.3, 0.4) is 0 Å². The normalized spacial score (nSPS) is 11.6. The van der Waals surface area contributed by atoms with Gasteiger partial charge in [-0.1, -0.05) is 13.8 Å². The summed E-state index contributed by atoms with van der Waals surface area (Å²) < 4.78 is 27.6. The molecule has 1 N–H and O–H groups in total. The summed E-state index contributed by atoms with van der Waals surface area (Å²) in [6.07, 6.45) is -0.242. The number of aliphatic carboxylic acids is 1. The third kappa shape index (κ3) is 2.62. The summed E-state index contributed by atoms with van der Waals surface area (Å²) in [6, 6.07) is 1.13. The first kappa shape index (κ1) is 13.6. The van der Waals surface area contributed by atoms with Crippen LogP contribution in [-0.4, -0.2) is 11.1 Å². The van der Waals surface area contributed by atoms with Gasteiger partial charge in [0.2, 0.25) is 0 Å². The Morgan fingerprint density at radius 2 is 1.88 bits per heavy atom. The molecule has 0 amide bonds. The Bertz CT molecular complexity index is 439. The second kappa shape index (κ2) is 4.43. The van der Waals surface area contributed by atoms with Crippen molar-refractivity contribution in [3.05, 3.63) is 34.4 Å². The summed E-state index contributed by atoms with van der Waals surface area (Å²) in [6.45, 7) is 6.14. The SMILES string of the molecule is Cc1cc(F)c(C)c(C(C)(C)CC(=O)O)c1F. The van der Waals surface area contributed by atoms with Gasteiger partial charge in [-0.05, 0) is 31.0 Å². The van der Waals surface area contributed by atoms with Crippen LogP contribution in [0.4, 0.5) is 8.78 Å². The molecule has 0 aromatic heterocycles. The fourth-order valence-corrected chi connectivity index (χ4v) is 2.11. The largest absolute Gasteiger partial charge is 0.481 e. The predicted molar refractivity (Wildman–Crippen MR) is 61.1 cm³/mol. The smallest absolute Gasteiger partial charge is 0.304 e. The Morgan fingerprint density at radius 1 is 1.35 bits per heavy atom. The summed E-state index contributed by atoms with van der Waals surface area (Å²) in [7, 11) is 0. The summed E-state index contributed by atoms with van der Waals surface area (Å²) in [5.74, 6) is -2.05. The molecule has 0 saturated carbocycles. The Kier molecular flexibility index (Phi) is 3.55. The number of benzene rings is 1. The van der Waals surface area contributed by atoms with E-state index in [0.29, 0.717) is 0 Å². The molecule has 0 fully saturated rings. The van der Waals surface area contributed by atoms with Crippen LogP contribution >= 0.6 is 0 Å². The molecule has 17 heavy (non-hydrogen) atoms. The minimum atomic E-state index is -1.03. The lowest BCUT2D eigenvalue weighted by Crippen LogP contribution is -2.25. The van der Waals surface area contributed by atoms with Crippen LogP contribution in [-0.2, 0) is 10.2 Å². The van der Waals surface area contributed by atoms with Gasteiger partial charge in [0.05, 0.1) is 6.42 Å². The maximum Gasteiger partial charge on any atom is 0.304 e. The molecule has 0 aliphatic rings. The average molecular weight is 242 g/mol. The lowest BCUT2D eigenvalue weighted by molar-refractivity contribution is -0.138. The van der Waals surface area contributed by atoms with E-state index in [1.807, 2.05) is 0 Å². The standard InChI is InChI=1S/C13H16F2O2/c1-7-5-9(14)8(2)11(12(7)15)13(3,4)6-10(16)17/h5H,6H2,1-4H3,(H,16,17). The Balaban J connectivity index is 3.44. The summed E-state index contributed by atoms with van der Waals surface area (Å²) >= 11 is 0. The van der Waals surface area contributed by atoms with Crippen LogP contribution < -0.4 is 0 Å². The number of aryl methyl sites for hydroxylation is 1. The molecule has 0 bridgehead atoms. The van der Waals surface area contributed by atoms with Crippen molar-refractivity contribution < 1.29 is 18.7 Å². The minimum Gasteiger partial charge on any atom is -0.481 e. The van der Waals surface area contributed by atoms with Crippen LogP contribution in [0.1, 0.15) is 37.0 Å². The van der Waals surface area contributed by atoms with Crippen molar-refractivity contribution in [1.29, 1.82) is 0 Å².